The molecule has 1 aromatic carbocycles. The SMILES string of the molecule is O=Cc1ccc(-c2nc3nccn3cc2-c2ccsc2)cc1. The van der Waals surface area contributed by atoms with Crippen LogP contribution in [0.3, 0.4) is 0 Å². The third-order valence-electron chi connectivity index (χ3n) is 3.54. The summed E-state index contributed by atoms with van der Waals surface area (Å²) in [5.41, 5.74) is 4.67. The zero-order chi connectivity index (χ0) is 14.9. The van der Waals surface area contributed by atoms with E-state index in [0.29, 0.717) is 11.3 Å². The number of thiophene rings is 1. The lowest BCUT2D eigenvalue weighted by atomic mass is 10.0. The Morgan fingerprint density at radius 3 is 2.68 bits per heavy atom. The van der Waals surface area contributed by atoms with Crippen LogP contribution in [0.2, 0.25) is 0 Å². The molecule has 0 amide bonds. The molecule has 5 heteroatoms. The Balaban J connectivity index is 1.97. The molecule has 22 heavy (non-hydrogen) atoms. The first-order valence-electron chi connectivity index (χ1n) is 6.77. The van der Waals surface area contributed by atoms with Gasteiger partial charge in [-0.1, -0.05) is 24.3 Å². The number of hydrogen-bond donors (Lipinski definition) is 0. The second kappa shape index (κ2) is 5.20. The first-order valence-corrected chi connectivity index (χ1v) is 7.71. The van der Waals surface area contributed by atoms with Gasteiger partial charge in [-0.05, 0) is 22.4 Å². The summed E-state index contributed by atoms with van der Waals surface area (Å²) in [6, 6.07) is 9.52. The lowest BCUT2D eigenvalue weighted by molar-refractivity contribution is 0.112. The summed E-state index contributed by atoms with van der Waals surface area (Å²) in [5.74, 6) is 0.661. The van der Waals surface area contributed by atoms with Crippen molar-refractivity contribution in [1.82, 2.24) is 14.4 Å². The van der Waals surface area contributed by atoms with Gasteiger partial charge in [-0.2, -0.15) is 11.3 Å². The average Bonchev–Trinajstić information content (AvgIpc) is 3.24. The maximum Gasteiger partial charge on any atom is 0.234 e. The Labute approximate surface area is 130 Å². The van der Waals surface area contributed by atoms with Gasteiger partial charge in [-0.25, -0.2) is 9.97 Å². The molecular formula is C17H11N3OS. The summed E-state index contributed by atoms with van der Waals surface area (Å²) in [5, 5.41) is 4.15. The normalized spacial score (nSPS) is 10.9. The zero-order valence-electron chi connectivity index (χ0n) is 11.5. The molecule has 0 spiro atoms. The summed E-state index contributed by atoms with van der Waals surface area (Å²) in [6.07, 6.45) is 6.51. The molecule has 0 aliphatic heterocycles. The van der Waals surface area contributed by atoms with Gasteiger partial charge in [-0.3, -0.25) is 9.20 Å². The Morgan fingerprint density at radius 1 is 1.09 bits per heavy atom. The lowest BCUT2D eigenvalue weighted by Crippen LogP contribution is -1.95. The molecule has 0 bridgehead atoms. The highest BCUT2D eigenvalue weighted by Gasteiger charge is 2.12. The Kier molecular flexibility index (Phi) is 3.05. The third kappa shape index (κ3) is 2.12. The molecule has 0 saturated carbocycles. The van der Waals surface area contributed by atoms with Gasteiger partial charge in [0.2, 0.25) is 5.78 Å². The minimum atomic E-state index is 0.655. The second-order valence-corrected chi connectivity index (χ2v) is 5.67. The molecule has 0 radical (unpaired) electrons. The second-order valence-electron chi connectivity index (χ2n) is 4.89. The van der Waals surface area contributed by atoms with Gasteiger partial charge in [0, 0.05) is 35.3 Å². The lowest BCUT2D eigenvalue weighted by Gasteiger charge is -2.09. The Morgan fingerprint density at radius 2 is 1.95 bits per heavy atom. The smallest absolute Gasteiger partial charge is 0.234 e. The van der Waals surface area contributed by atoms with E-state index >= 15 is 0 Å². The fourth-order valence-electron chi connectivity index (χ4n) is 2.42. The van der Waals surface area contributed by atoms with E-state index in [9.17, 15) is 4.79 Å². The molecule has 106 valence electrons. The van der Waals surface area contributed by atoms with Crippen LogP contribution in [0, 0.1) is 0 Å². The number of carbonyl (C=O) groups is 1. The van der Waals surface area contributed by atoms with Gasteiger partial charge in [0.15, 0.2) is 0 Å². The third-order valence-corrected chi connectivity index (χ3v) is 4.22. The molecule has 0 unspecified atom stereocenters. The van der Waals surface area contributed by atoms with Crippen LogP contribution in [-0.2, 0) is 0 Å². The maximum atomic E-state index is 10.8. The molecule has 4 nitrogen and oxygen atoms in total. The van der Waals surface area contributed by atoms with Gasteiger partial charge in [-0.15, -0.1) is 0 Å². The van der Waals surface area contributed by atoms with Gasteiger partial charge < -0.3 is 0 Å². The molecule has 3 heterocycles. The minimum absolute atomic E-state index is 0.655. The maximum absolute atomic E-state index is 10.8. The minimum Gasteiger partial charge on any atom is -0.298 e. The molecular weight excluding hydrogens is 294 g/mol. The van der Waals surface area contributed by atoms with E-state index in [1.807, 2.05) is 34.3 Å². The zero-order valence-corrected chi connectivity index (χ0v) is 12.3. The van der Waals surface area contributed by atoms with Gasteiger partial charge >= 0.3 is 0 Å². The van der Waals surface area contributed by atoms with E-state index in [0.717, 1.165) is 28.7 Å². The summed E-state index contributed by atoms with van der Waals surface area (Å²) in [7, 11) is 0. The van der Waals surface area contributed by atoms with Crippen molar-refractivity contribution in [3.05, 3.63) is 65.2 Å². The number of benzene rings is 1. The van der Waals surface area contributed by atoms with E-state index in [2.05, 4.69) is 21.4 Å². The van der Waals surface area contributed by atoms with Crippen molar-refractivity contribution < 1.29 is 4.79 Å². The van der Waals surface area contributed by atoms with Crippen LogP contribution < -0.4 is 0 Å². The average molecular weight is 305 g/mol. The summed E-state index contributed by atoms with van der Waals surface area (Å²) in [6.45, 7) is 0. The van der Waals surface area contributed by atoms with Crippen LogP contribution in [0.25, 0.3) is 28.2 Å². The highest BCUT2D eigenvalue weighted by molar-refractivity contribution is 7.08. The van der Waals surface area contributed by atoms with Crippen molar-refractivity contribution in [3.8, 4) is 22.4 Å². The summed E-state index contributed by atoms with van der Waals surface area (Å²) in [4.78, 5) is 19.8. The van der Waals surface area contributed by atoms with E-state index in [1.54, 1.807) is 29.7 Å². The van der Waals surface area contributed by atoms with Gasteiger partial charge in [0.1, 0.15) is 6.29 Å². The van der Waals surface area contributed by atoms with Crippen LogP contribution in [0.5, 0.6) is 0 Å². The van der Waals surface area contributed by atoms with E-state index < -0.39 is 0 Å². The highest BCUT2D eigenvalue weighted by Crippen LogP contribution is 2.32. The Bertz CT molecular complexity index is 940. The van der Waals surface area contributed by atoms with Crippen LogP contribution in [0.4, 0.5) is 0 Å². The molecule has 0 saturated heterocycles. The van der Waals surface area contributed by atoms with Gasteiger partial charge in [0.05, 0.1) is 5.69 Å². The number of aromatic nitrogens is 3. The van der Waals surface area contributed by atoms with Crippen molar-refractivity contribution in [2.24, 2.45) is 0 Å². The van der Waals surface area contributed by atoms with E-state index in [1.165, 1.54) is 0 Å². The monoisotopic (exact) mass is 305 g/mol. The topological polar surface area (TPSA) is 47.3 Å². The first kappa shape index (κ1) is 12.9. The van der Waals surface area contributed by atoms with Crippen LogP contribution >= 0.6 is 11.3 Å². The molecule has 4 rings (SSSR count). The van der Waals surface area contributed by atoms with Crippen molar-refractivity contribution in [2.75, 3.05) is 0 Å². The number of rotatable bonds is 3. The standard InChI is InChI=1S/C17H11N3OS/c21-10-12-1-3-13(4-2-12)16-15(14-5-8-22-11-14)9-20-7-6-18-17(20)19-16/h1-11H. The quantitative estimate of drug-likeness (QED) is 0.539. The van der Waals surface area contributed by atoms with Crippen LogP contribution in [-0.4, -0.2) is 20.7 Å². The van der Waals surface area contributed by atoms with Crippen molar-refractivity contribution in [3.63, 3.8) is 0 Å². The largest absolute Gasteiger partial charge is 0.298 e. The molecule has 4 aromatic rings. The highest BCUT2D eigenvalue weighted by atomic mass is 32.1. The number of aldehydes is 1. The summed E-state index contributed by atoms with van der Waals surface area (Å²) < 4.78 is 1.91. The van der Waals surface area contributed by atoms with E-state index in [-0.39, 0.29) is 0 Å². The number of carbonyl (C=O) groups excluding carboxylic acids is 1. The fraction of sp³-hybridized carbons (Fsp3) is 0. The predicted octanol–water partition coefficient (Wildman–Crippen LogP) is 3.94. The van der Waals surface area contributed by atoms with E-state index in [4.69, 9.17) is 0 Å². The molecule has 3 aromatic heterocycles. The van der Waals surface area contributed by atoms with Crippen LogP contribution in [0.15, 0.2) is 59.7 Å². The number of hydrogen-bond acceptors (Lipinski definition) is 4. The van der Waals surface area contributed by atoms with Crippen LogP contribution in [0.1, 0.15) is 10.4 Å². The van der Waals surface area contributed by atoms with Gasteiger partial charge in [0.25, 0.3) is 0 Å². The number of nitrogens with zero attached hydrogens (tertiary/aromatic N) is 3. The predicted molar refractivity (Wildman–Crippen MR) is 87.1 cm³/mol. The van der Waals surface area contributed by atoms with Crippen molar-refractivity contribution in [1.29, 1.82) is 0 Å². The molecule has 0 aliphatic rings. The fourth-order valence-corrected chi connectivity index (χ4v) is 3.08. The van der Waals surface area contributed by atoms with Crippen molar-refractivity contribution in [2.45, 2.75) is 0 Å². The molecule has 0 aliphatic carbocycles. The number of imidazole rings is 1. The molecule has 0 atom stereocenters. The summed E-state index contributed by atoms with van der Waals surface area (Å²) >= 11 is 1.65. The molecule has 0 N–H and O–H groups in total. The number of fused-ring (bicyclic) bond motifs is 1. The van der Waals surface area contributed by atoms with Crippen molar-refractivity contribution >= 4 is 23.4 Å². The Hall–Kier alpha value is -2.79. The first-order chi connectivity index (χ1) is 10.8. The molecule has 0 fully saturated rings.